The third-order valence-electron chi connectivity index (χ3n) is 1.23. The molecular formula is C6H11NO4S. The Morgan fingerprint density at radius 1 is 1.92 bits per heavy atom. The molecule has 70 valence electrons. The predicted octanol–water partition coefficient (Wildman–Crippen LogP) is -1.05. The molecule has 2 atom stereocenters. The zero-order chi connectivity index (χ0) is 10.4. The molecule has 2 N–H and O–H groups in total. The van der Waals surface area contributed by atoms with E-state index in [9.17, 15) is 13.8 Å². The summed E-state index contributed by atoms with van der Waals surface area (Å²) in [6.07, 6.45) is 0.374. The van der Waals surface area contributed by atoms with E-state index < -0.39 is 29.2 Å². The van der Waals surface area contributed by atoms with Crippen LogP contribution in [-0.4, -0.2) is 39.7 Å². The molecule has 0 radical (unpaired) electrons. The Bertz CT molecular complexity index is 233. The lowest BCUT2D eigenvalue weighted by atomic mass is 10.2. The van der Waals surface area contributed by atoms with Crippen LogP contribution in [0.4, 0.5) is 0 Å². The van der Waals surface area contributed by atoms with E-state index >= 15 is 0 Å². The number of amides is 1. The summed E-state index contributed by atoms with van der Waals surface area (Å²) in [4.78, 5) is 20.7. The number of hydrogen-bond acceptors (Lipinski definition) is 3. The molecule has 0 aromatic rings. The van der Waals surface area contributed by atoms with E-state index in [2.05, 4.69) is 0 Å². The van der Waals surface area contributed by atoms with E-state index in [0.29, 0.717) is 0 Å². The highest BCUT2D eigenvalue weighted by Crippen LogP contribution is 1.93. The highest BCUT2D eigenvalue weighted by Gasteiger charge is 2.15. The van der Waals surface area contributed by atoms with E-state index in [1.807, 2.05) is 5.32 Å². The standard InChI is InChI=1S/C6H11NO4S/c1-12(11)3-2-5(6(9)10)7-4-8/h4-5H,2-3H2,1H3,(H,7,8)(H,9,10)/t5-,12?/m0/s1/i4D. The molecule has 0 spiro atoms. The van der Waals surface area contributed by atoms with Crippen molar-refractivity contribution < 1.29 is 20.3 Å². The van der Waals surface area contributed by atoms with Crippen LogP contribution in [0.3, 0.4) is 0 Å². The molecule has 0 aliphatic rings. The molecule has 0 rings (SSSR count). The lowest BCUT2D eigenvalue weighted by molar-refractivity contribution is -0.140. The van der Waals surface area contributed by atoms with Crippen LogP contribution in [0.1, 0.15) is 7.79 Å². The smallest absolute Gasteiger partial charge is 0.326 e. The molecule has 0 aliphatic heterocycles. The number of carboxylic acids is 1. The fourth-order valence-electron chi connectivity index (χ4n) is 0.612. The van der Waals surface area contributed by atoms with Crippen molar-refractivity contribution in [3.8, 4) is 0 Å². The van der Waals surface area contributed by atoms with Gasteiger partial charge in [-0.2, -0.15) is 0 Å². The van der Waals surface area contributed by atoms with E-state index in [0.717, 1.165) is 0 Å². The van der Waals surface area contributed by atoms with Crippen molar-refractivity contribution in [2.75, 3.05) is 12.0 Å². The fraction of sp³-hybridized carbons (Fsp3) is 0.667. The van der Waals surface area contributed by atoms with Crippen LogP contribution in [0, 0.1) is 0 Å². The second-order valence-corrected chi connectivity index (χ2v) is 3.76. The molecule has 0 bridgehead atoms. The van der Waals surface area contributed by atoms with Gasteiger partial charge in [0.15, 0.2) is 0 Å². The van der Waals surface area contributed by atoms with Gasteiger partial charge in [0.05, 0.1) is 0 Å². The van der Waals surface area contributed by atoms with E-state index in [-0.39, 0.29) is 12.2 Å². The minimum Gasteiger partial charge on any atom is -0.480 e. The average molecular weight is 194 g/mol. The summed E-state index contributed by atoms with van der Waals surface area (Å²) >= 11 is 0. The first kappa shape index (κ1) is 9.18. The highest BCUT2D eigenvalue weighted by molar-refractivity contribution is 7.84. The van der Waals surface area contributed by atoms with E-state index in [1.54, 1.807) is 0 Å². The van der Waals surface area contributed by atoms with Crippen molar-refractivity contribution in [1.29, 1.82) is 0 Å². The minimum absolute atomic E-state index is 0.0725. The van der Waals surface area contributed by atoms with Gasteiger partial charge in [0, 0.05) is 22.8 Å². The zero-order valence-corrected chi connectivity index (χ0v) is 7.39. The van der Waals surface area contributed by atoms with Crippen molar-refractivity contribution >= 4 is 23.2 Å². The summed E-state index contributed by atoms with van der Waals surface area (Å²) in [6.45, 7) is 0. The minimum atomic E-state index is -1.22. The van der Waals surface area contributed by atoms with Gasteiger partial charge in [0.2, 0.25) is 6.39 Å². The second-order valence-electron chi connectivity index (χ2n) is 2.20. The summed E-state index contributed by atoms with van der Waals surface area (Å²) < 4.78 is 17.1. The quantitative estimate of drug-likeness (QED) is 0.547. The van der Waals surface area contributed by atoms with Gasteiger partial charge < -0.3 is 10.4 Å². The van der Waals surface area contributed by atoms with E-state index in [1.165, 1.54) is 6.26 Å². The summed E-state index contributed by atoms with van der Waals surface area (Å²) in [6, 6.07) is -1.12. The van der Waals surface area contributed by atoms with Crippen LogP contribution in [0.25, 0.3) is 0 Å². The number of carbonyl (C=O) groups excluding carboxylic acids is 1. The van der Waals surface area contributed by atoms with Crippen LogP contribution >= 0.6 is 0 Å². The van der Waals surface area contributed by atoms with Crippen molar-refractivity contribution in [3.63, 3.8) is 0 Å². The molecule has 0 saturated heterocycles. The van der Waals surface area contributed by atoms with Gasteiger partial charge in [-0.15, -0.1) is 0 Å². The van der Waals surface area contributed by atoms with Gasteiger partial charge in [-0.1, -0.05) is 0 Å². The zero-order valence-electron chi connectivity index (χ0n) is 7.57. The lowest BCUT2D eigenvalue weighted by Crippen LogP contribution is -2.36. The molecule has 0 fully saturated rings. The molecule has 5 nitrogen and oxygen atoms in total. The Morgan fingerprint density at radius 3 is 2.83 bits per heavy atom. The molecule has 0 aliphatic carbocycles. The Morgan fingerprint density at radius 2 is 2.50 bits per heavy atom. The van der Waals surface area contributed by atoms with Crippen LogP contribution in [0.5, 0.6) is 0 Å². The number of rotatable bonds is 5. The Labute approximate surface area is 74.0 Å². The molecule has 0 saturated carbocycles. The molecule has 1 unspecified atom stereocenters. The van der Waals surface area contributed by atoms with Gasteiger partial charge in [0.1, 0.15) is 7.41 Å². The summed E-state index contributed by atoms with van der Waals surface area (Å²) in [5, 5.41) is 10.5. The maximum Gasteiger partial charge on any atom is 0.326 e. The Kier molecular flexibility index (Phi) is 4.36. The molecule has 0 aromatic heterocycles. The third-order valence-corrected chi connectivity index (χ3v) is 2.04. The maximum atomic E-state index is 10.6. The molecule has 0 heterocycles. The maximum absolute atomic E-state index is 10.6. The molecular weight excluding hydrogens is 182 g/mol. The summed E-state index contributed by atoms with van der Waals surface area (Å²) in [5.41, 5.74) is 0. The fourth-order valence-corrected chi connectivity index (χ4v) is 1.18. The lowest BCUT2D eigenvalue weighted by Gasteiger charge is -2.08. The predicted molar refractivity (Wildman–Crippen MR) is 44.2 cm³/mol. The summed E-state index contributed by atoms with van der Waals surface area (Å²) in [5.74, 6) is -1.02. The SMILES string of the molecule is [2H]C(=O)N[C@@H](CCS(C)=O)C(=O)O. The topological polar surface area (TPSA) is 83.5 Å². The third kappa shape index (κ3) is 4.84. The monoisotopic (exact) mass is 194 g/mol. The van der Waals surface area contributed by atoms with Gasteiger partial charge in [0.25, 0.3) is 0 Å². The van der Waals surface area contributed by atoms with Gasteiger partial charge in [-0.25, -0.2) is 4.79 Å². The van der Waals surface area contributed by atoms with E-state index in [4.69, 9.17) is 6.48 Å². The molecule has 12 heavy (non-hydrogen) atoms. The van der Waals surface area contributed by atoms with Crippen LogP contribution in [-0.2, 0) is 20.4 Å². The number of hydrogen-bond donors (Lipinski definition) is 2. The average Bonchev–Trinajstić information content (AvgIpc) is 1.96. The largest absolute Gasteiger partial charge is 0.480 e. The normalized spacial score (nSPS) is 15.9. The number of carboxylic acid groups (broad SMARTS) is 1. The first-order valence-electron chi connectivity index (χ1n) is 3.73. The Balaban J connectivity index is 4.02. The van der Waals surface area contributed by atoms with Crippen molar-refractivity contribution in [1.82, 2.24) is 5.32 Å². The molecule has 1 amide bonds. The summed E-state index contributed by atoms with van der Waals surface area (Å²) in [7, 11) is -1.09. The van der Waals surface area contributed by atoms with Crippen LogP contribution in [0.15, 0.2) is 0 Å². The van der Waals surface area contributed by atoms with Crippen LogP contribution in [0.2, 0.25) is 0 Å². The van der Waals surface area contributed by atoms with Crippen molar-refractivity contribution in [2.45, 2.75) is 12.5 Å². The van der Waals surface area contributed by atoms with Crippen molar-refractivity contribution in [2.24, 2.45) is 0 Å². The van der Waals surface area contributed by atoms with Gasteiger partial charge in [-0.3, -0.25) is 9.00 Å². The van der Waals surface area contributed by atoms with Gasteiger partial charge >= 0.3 is 5.97 Å². The molecule has 6 heteroatoms. The second kappa shape index (κ2) is 5.70. The highest BCUT2D eigenvalue weighted by atomic mass is 32.2. The molecule has 0 aromatic carbocycles. The van der Waals surface area contributed by atoms with Crippen LogP contribution < -0.4 is 5.32 Å². The number of nitrogens with one attached hydrogen (secondary N) is 1. The number of aliphatic carboxylic acids is 1. The first-order valence-corrected chi connectivity index (χ1v) is 4.96. The van der Waals surface area contributed by atoms with Gasteiger partial charge in [-0.05, 0) is 6.42 Å². The number of carbonyl (C=O) groups is 2. The first-order chi connectivity index (χ1) is 5.93. The van der Waals surface area contributed by atoms with Crippen molar-refractivity contribution in [3.05, 3.63) is 0 Å². The Hall–Kier alpha value is -0.910.